The maximum absolute atomic E-state index is 13.0. The van der Waals surface area contributed by atoms with Crippen LogP contribution < -0.4 is 9.47 Å². The van der Waals surface area contributed by atoms with Gasteiger partial charge in [0.05, 0.1) is 19.3 Å². The van der Waals surface area contributed by atoms with Crippen molar-refractivity contribution in [2.75, 3.05) is 26.8 Å². The van der Waals surface area contributed by atoms with Crippen molar-refractivity contribution < 1.29 is 19.1 Å². The highest BCUT2D eigenvalue weighted by molar-refractivity contribution is 6.39. The average molecular weight is 357 g/mol. The number of fused-ring (bicyclic) bond motifs is 1. The third kappa shape index (κ3) is 3.13. The number of hydrazone groups is 1. The molecule has 7 nitrogen and oxygen atoms in total. The van der Waals surface area contributed by atoms with E-state index in [9.17, 15) is 9.59 Å². The monoisotopic (exact) mass is 357 g/mol. The number of amides is 2. The minimum atomic E-state index is -0.0704. The molecule has 1 unspecified atom stereocenters. The first-order valence-corrected chi connectivity index (χ1v) is 9.18. The van der Waals surface area contributed by atoms with Gasteiger partial charge in [0.2, 0.25) is 5.91 Å². The summed E-state index contributed by atoms with van der Waals surface area (Å²) in [7, 11) is 1.60. The van der Waals surface area contributed by atoms with Crippen molar-refractivity contribution in [1.82, 2.24) is 9.91 Å². The van der Waals surface area contributed by atoms with Crippen LogP contribution in [0.1, 0.15) is 43.7 Å². The summed E-state index contributed by atoms with van der Waals surface area (Å²) in [4.78, 5) is 26.5. The highest BCUT2D eigenvalue weighted by Gasteiger charge is 2.34. The predicted octanol–water partition coefficient (Wildman–Crippen LogP) is 2.12. The first-order chi connectivity index (χ1) is 12.6. The molecule has 1 atom stereocenters. The average Bonchev–Trinajstić information content (AvgIpc) is 3.02. The van der Waals surface area contributed by atoms with Crippen molar-refractivity contribution in [1.29, 1.82) is 0 Å². The first kappa shape index (κ1) is 16.9. The van der Waals surface area contributed by atoms with E-state index in [1.54, 1.807) is 7.05 Å². The Bertz CT molecular complexity index is 761. The van der Waals surface area contributed by atoms with E-state index in [0.717, 1.165) is 36.3 Å². The maximum atomic E-state index is 13.0. The zero-order valence-corrected chi connectivity index (χ0v) is 14.9. The number of benzene rings is 1. The quantitative estimate of drug-likeness (QED) is 0.813. The number of likely N-dealkylation sites (tertiary alicyclic amines) is 1. The second kappa shape index (κ2) is 6.97. The van der Waals surface area contributed by atoms with E-state index in [1.807, 2.05) is 23.1 Å². The smallest absolute Gasteiger partial charge is 0.270 e. The zero-order chi connectivity index (χ0) is 18.1. The molecule has 1 saturated heterocycles. The normalized spacial score (nSPS) is 22.9. The van der Waals surface area contributed by atoms with Gasteiger partial charge in [-0.25, -0.2) is 5.01 Å². The van der Waals surface area contributed by atoms with Crippen LogP contribution in [0.15, 0.2) is 23.3 Å². The number of hydrogen-bond acceptors (Lipinski definition) is 5. The molecule has 138 valence electrons. The molecule has 26 heavy (non-hydrogen) atoms. The summed E-state index contributed by atoms with van der Waals surface area (Å²) in [6.07, 6.45) is 3.47. The number of carbonyl (C=O) groups is 2. The fourth-order valence-corrected chi connectivity index (χ4v) is 3.73. The van der Waals surface area contributed by atoms with Crippen molar-refractivity contribution >= 4 is 17.5 Å². The Morgan fingerprint density at radius 2 is 1.96 bits per heavy atom. The molecule has 0 aliphatic carbocycles. The summed E-state index contributed by atoms with van der Waals surface area (Å²) < 4.78 is 11.5. The molecular formula is C19H23N3O4. The topological polar surface area (TPSA) is 71.4 Å². The van der Waals surface area contributed by atoms with E-state index in [-0.39, 0.29) is 17.9 Å². The summed E-state index contributed by atoms with van der Waals surface area (Å²) in [5.74, 6) is 1.39. The van der Waals surface area contributed by atoms with Crippen LogP contribution >= 0.6 is 0 Å². The molecule has 3 aliphatic heterocycles. The van der Waals surface area contributed by atoms with Gasteiger partial charge in [-0.15, -0.1) is 0 Å². The van der Waals surface area contributed by atoms with E-state index in [0.29, 0.717) is 38.3 Å². The van der Waals surface area contributed by atoms with Gasteiger partial charge >= 0.3 is 0 Å². The van der Waals surface area contributed by atoms with E-state index in [1.165, 1.54) is 5.01 Å². The molecule has 1 fully saturated rings. The SMILES string of the molecule is CN1N=C(C(=O)N2CCCC2c2ccc3c(c2)OCCCO3)CCC1=O. The second-order valence-corrected chi connectivity index (χ2v) is 6.88. The van der Waals surface area contributed by atoms with Gasteiger partial charge in [-0.2, -0.15) is 5.10 Å². The lowest BCUT2D eigenvalue weighted by Crippen LogP contribution is -2.40. The number of hydrogen-bond donors (Lipinski definition) is 0. The summed E-state index contributed by atoms with van der Waals surface area (Å²) in [6.45, 7) is 2.00. The molecule has 7 heteroatoms. The lowest BCUT2D eigenvalue weighted by atomic mass is 10.0. The van der Waals surface area contributed by atoms with Crippen LogP contribution in [0, 0.1) is 0 Å². The predicted molar refractivity (Wildman–Crippen MR) is 95.2 cm³/mol. The Hall–Kier alpha value is -2.57. The summed E-state index contributed by atoms with van der Waals surface area (Å²) >= 11 is 0. The standard InChI is InChI=1S/C19H23N3O4/c1-21-18(23)8-6-14(20-21)19(24)22-9-2-4-15(22)13-5-7-16-17(12-13)26-11-3-10-25-16/h5,7,12,15H,2-4,6,8-11H2,1H3. The molecule has 0 aromatic heterocycles. The summed E-state index contributed by atoms with van der Waals surface area (Å²) in [5, 5.41) is 5.46. The maximum Gasteiger partial charge on any atom is 0.270 e. The molecule has 0 saturated carbocycles. The first-order valence-electron chi connectivity index (χ1n) is 9.18. The summed E-state index contributed by atoms with van der Waals surface area (Å²) in [5.41, 5.74) is 1.52. The number of ether oxygens (including phenoxy) is 2. The Balaban J connectivity index is 1.57. The molecule has 1 aromatic carbocycles. The van der Waals surface area contributed by atoms with Crippen LogP contribution in [-0.2, 0) is 9.59 Å². The lowest BCUT2D eigenvalue weighted by Gasteiger charge is -2.28. The van der Waals surface area contributed by atoms with Crippen molar-refractivity contribution in [3.05, 3.63) is 23.8 Å². The van der Waals surface area contributed by atoms with Crippen molar-refractivity contribution in [3.63, 3.8) is 0 Å². The molecule has 4 rings (SSSR count). The number of rotatable bonds is 2. The molecule has 3 aliphatic rings. The molecule has 0 bridgehead atoms. The van der Waals surface area contributed by atoms with Crippen LogP contribution in [0.4, 0.5) is 0 Å². The number of nitrogens with zero attached hydrogens (tertiary/aromatic N) is 3. The number of carbonyl (C=O) groups excluding carboxylic acids is 2. The fourth-order valence-electron chi connectivity index (χ4n) is 3.73. The molecule has 3 heterocycles. The Morgan fingerprint density at radius 1 is 1.15 bits per heavy atom. The van der Waals surface area contributed by atoms with Gasteiger partial charge in [0.15, 0.2) is 11.5 Å². The molecular weight excluding hydrogens is 334 g/mol. The van der Waals surface area contributed by atoms with E-state index < -0.39 is 0 Å². The van der Waals surface area contributed by atoms with Crippen molar-refractivity contribution in [2.24, 2.45) is 5.10 Å². The van der Waals surface area contributed by atoms with Crippen LogP contribution in [0.25, 0.3) is 0 Å². The van der Waals surface area contributed by atoms with Gasteiger partial charge in [-0.1, -0.05) is 6.07 Å². The Morgan fingerprint density at radius 3 is 2.77 bits per heavy atom. The van der Waals surface area contributed by atoms with Gasteiger partial charge in [0, 0.05) is 32.9 Å². The van der Waals surface area contributed by atoms with E-state index in [2.05, 4.69) is 5.10 Å². The zero-order valence-electron chi connectivity index (χ0n) is 14.9. The van der Waals surface area contributed by atoms with Gasteiger partial charge in [0.1, 0.15) is 5.71 Å². The largest absolute Gasteiger partial charge is 0.490 e. The highest BCUT2D eigenvalue weighted by atomic mass is 16.5. The Labute approximate surface area is 152 Å². The summed E-state index contributed by atoms with van der Waals surface area (Å²) in [6, 6.07) is 5.95. The minimum Gasteiger partial charge on any atom is -0.490 e. The highest BCUT2D eigenvalue weighted by Crippen LogP contribution is 2.38. The molecule has 1 aromatic rings. The lowest BCUT2D eigenvalue weighted by molar-refractivity contribution is -0.130. The second-order valence-electron chi connectivity index (χ2n) is 6.88. The third-order valence-corrected chi connectivity index (χ3v) is 5.12. The van der Waals surface area contributed by atoms with Crippen LogP contribution in [0.5, 0.6) is 11.5 Å². The molecule has 0 radical (unpaired) electrons. The Kier molecular flexibility index (Phi) is 4.53. The van der Waals surface area contributed by atoms with Gasteiger partial charge in [0.25, 0.3) is 5.91 Å². The van der Waals surface area contributed by atoms with Gasteiger partial charge in [-0.3, -0.25) is 9.59 Å². The minimum absolute atomic E-state index is 0.00490. The van der Waals surface area contributed by atoms with Crippen molar-refractivity contribution in [3.8, 4) is 11.5 Å². The van der Waals surface area contributed by atoms with Gasteiger partial charge < -0.3 is 14.4 Å². The molecule has 0 spiro atoms. The van der Waals surface area contributed by atoms with Crippen LogP contribution in [-0.4, -0.2) is 54.2 Å². The van der Waals surface area contributed by atoms with Crippen molar-refractivity contribution in [2.45, 2.75) is 38.1 Å². The third-order valence-electron chi connectivity index (χ3n) is 5.12. The van der Waals surface area contributed by atoms with Crippen LogP contribution in [0.3, 0.4) is 0 Å². The van der Waals surface area contributed by atoms with Gasteiger partial charge in [-0.05, 0) is 30.5 Å². The van der Waals surface area contributed by atoms with E-state index in [4.69, 9.17) is 9.47 Å². The fraction of sp³-hybridized carbons (Fsp3) is 0.526. The molecule has 2 amide bonds. The van der Waals surface area contributed by atoms with Crippen LogP contribution in [0.2, 0.25) is 0 Å². The van der Waals surface area contributed by atoms with E-state index >= 15 is 0 Å². The molecule has 0 N–H and O–H groups in total.